The second-order valence-corrected chi connectivity index (χ2v) is 15.0. The quantitative estimate of drug-likeness (QED) is 0.108. The molecule has 1 heterocycles. The summed E-state index contributed by atoms with van der Waals surface area (Å²) in [5.74, 6) is -7.31. The van der Waals surface area contributed by atoms with Gasteiger partial charge in [0, 0.05) is 36.5 Å². The van der Waals surface area contributed by atoms with Gasteiger partial charge in [-0.15, -0.1) is 0 Å². The van der Waals surface area contributed by atoms with Crippen LogP contribution in [0.2, 0.25) is 0 Å². The van der Waals surface area contributed by atoms with E-state index >= 15 is 0 Å². The lowest BCUT2D eigenvalue weighted by atomic mass is 9.60. The minimum absolute atomic E-state index is 0.245. The summed E-state index contributed by atoms with van der Waals surface area (Å²) >= 11 is 0. The van der Waals surface area contributed by atoms with Gasteiger partial charge in [-0.2, -0.15) is 0 Å². The number of carbonyl (C=O) groups is 3. The highest BCUT2D eigenvalue weighted by molar-refractivity contribution is 6.04. The summed E-state index contributed by atoms with van der Waals surface area (Å²) in [6.07, 6.45) is -4.97. The molecule has 5 aliphatic rings. The molecule has 15 nitrogen and oxygen atoms in total. The Balaban J connectivity index is 1.26. The number of hydrogen-bond acceptors (Lipinski definition) is 15. The van der Waals surface area contributed by atoms with Crippen LogP contribution in [0.5, 0.6) is 17.2 Å². The Labute approximate surface area is 287 Å². The van der Waals surface area contributed by atoms with Crippen molar-refractivity contribution in [2.45, 2.75) is 95.0 Å². The van der Waals surface area contributed by atoms with Crippen molar-refractivity contribution in [1.29, 1.82) is 0 Å². The average Bonchev–Trinajstić information content (AvgIpc) is 3.44. The molecule has 274 valence electrons. The third kappa shape index (κ3) is 5.16. The van der Waals surface area contributed by atoms with Crippen molar-refractivity contribution in [1.82, 2.24) is 0 Å². The smallest absolute Gasteiger partial charge is 0.338 e. The molecule has 0 amide bonds. The second-order valence-electron chi connectivity index (χ2n) is 15.0. The highest BCUT2D eigenvalue weighted by Crippen LogP contribution is 2.76. The second kappa shape index (κ2) is 12.0. The van der Waals surface area contributed by atoms with Gasteiger partial charge in [0.1, 0.15) is 29.5 Å². The first-order valence-electron chi connectivity index (χ1n) is 16.5. The van der Waals surface area contributed by atoms with Gasteiger partial charge in [-0.1, -0.05) is 32.9 Å². The molecule has 12 atom stereocenters. The summed E-state index contributed by atoms with van der Waals surface area (Å²) in [5, 5.41) is 85.7. The van der Waals surface area contributed by atoms with Gasteiger partial charge in [-0.3, -0.25) is 9.59 Å². The fourth-order valence-electron chi connectivity index (χ4n) is 9.28. The first kappa shape index (κ1) is 36.2. The molecule has 1 saturated heterocycles. The van der Waals surface area contributed by atoms with Crippen molar-refractivity contribution in [3.63, 3.8) is 0 Å². The number of aliphatic hydroxyl groups is 5. The maximum Gasteiger partial charge on any atom is 0.338 e. The van der Waals surface area contributed by atoms with Crippen molar-refractivity contribution in [3.05, 3.63) is 41.0 Å². The molecular formula is C35H44O15. The third-order valence-electron chi connectivity index (χ3n) is 11.8. The van der Waals surface area contributed by atoms with Crippen molar-refractivity contribution in [2.24, 2.45) is 29.1 Å². The Morgan fingerprint density at radius 3 is 2.28 bits per heavy atom. The Morgan fingerprint density at radius 1 is 1.04 bits per heavy atom. The number of aliphatic hydroxyl groups excluding tert-OH is 3. The van der Waals surface area contributed by atoms with E-state index in [2.05, 4.69) is 0 Å². The molecule has 2 saturated carbocycles. The van der Waals surface area contributed by atoms with Crippen LogP contribution in [0.25, 0.3) is 0 Å². The number of rotatable bonds is 7. The van der Waals surface area contributed by atoms with Crippen LogP contribution in [-0.4, -0.2) is 119 Å². The highest BCUT2D eigenvalue weighted by Gasteiger charge is 2.83. The number of ether oxygens (including phenoxy) is 4. The predicted octanol–water partition coefficient (Wildman–Crippen LogP) is 0.336. The molecule has 0 radical (unpaired) electrons. The highest BCUT2D eigenvalue weighted by atomic mass is 16.7. The topological polar surface area (TPSA) is 250 Å². The number of hydrogen-bond donors (Lipinski definition) is 8. The molecule has 50 heavy (non-hydrogen) atoms. The fourth-order valence-corrected chi connectivity index (χ4v) is 9.28. The molecule has 0 unspecified atom stereocenters. The van der Waals surface area contributed by atoms with Crippen LogP contribution in [-0.2, 0) is 28.5 Å². The molecule has 1 aromatic carbocycles. The van der Waals surface area contributed by atoms with Gasteiger partial charge < -0.3 is 59.8 Å². The largest absolute Gasteiger partial charge is 0.504 e. The Morgan fingerprint density at radius 2 is 1.68 bits per heavy atom. The van der Waals surface area contributed by atoms with E-state index in [9.17, 15) is 55.2 Å². The third-order valence-corrected chi connectivity index (χ3v) is 11.8. The SMILES string of the molecule is CC(=O)O[C@@]12C[C@@H](C)[C@@]3(O)[C@@H](C=C(CO[C@@H]4O[C@H](CO)[C@@H](OC(=O)c5cc(O)c(O)c(O)c5)[C@H](O)[C@H]4O)C[C@]4(O)C(=O)C(C)=C[C@@H]34)[C@@H]1C2(C)C. The van der Waals surface area contributed by atoms with Gasteiger partial charge in [0.05, 0.1) is 24.4 Å². The summed E-state index contributed by atoms with van der Waals surface area (Å²) in [4.78, 5) is 38.5. The normalized spacial score (nSPS) is 41.5. The van der Waals surface area contributed by atoms with Gasteiger partial charge in [0.15, 0.2) is 35.4 Å². The van der Waals surface area contributed by atoms with E-state index in [0.717, 1.165) is 12.1 Å². The standard InChI is InChI=1S/C35H44O15/c1-14-6-23-33(45,29(14)43)11-17(7-19-28-32(4,5)34(28,50-16(3)37)10-15(2)35(19,23)46)13-47-31-26(42)25(41)27(22(12-36)48-31)49-30(44)18-8-20(38)24(40)21(39)9-18/h6-9,15,19,22-23,25-28,31,36,38-42,45-46H,10-13H2,1-5H3/t15-,19+,22-,23-,25-,26-,27-,28-,31-,33-,34+,35-/m1/s1. The van der Waals surface area contributed by atoms with E-state index in [1.165, 1.54) is 6.92 Å². The van der Waals surface area contributed by atoms with Gasteiger partial charge in [-0.25, -0.2) is 4.79 Å². The molecule has 0 spiro atoms. The van der Waals surface area contributed by atoms with Crippen LogP contribution in [0.4, 0.5) is 0 Å². The van der Waals surface area contributed by atoms with Crippen molar-refractivity contribution < 1.29 is 74.2 Å². The van der Waals surface area contributed by atoms with E-state index in [1.807, 2.05) is 20.8 Å². The Bertz CT molecular complexity index is 1640. The summed E-state index contributed by atoms with van der Waals surface area (Å²) in [6.45, 7) is 7.43. The molecule has 4 aliphatic carbocycles. The minimum Gasteiger partial charge on any atom is -0.504 e. The first-order chi connectivity index (χ1) is 23.2. The number of ketones is 1. The lowest BCUT2D eigenvalue weighted by Gasteiger charge is -2.50. The van der Waals surface area contributed by atoms with E-state index in [0.29, 0.717) is 17.6 Å². The number of aromatic hydroxyl groups is 3. The zero-order valence-corrected chi connectivity index (χ0v) is 28.3. The monoisotopic (exact) mass is 704 g/mol. The van der Waals surface area contributed by atoms with E-state index in [4.69, 9.17) is 18.9 Å². The van der Waals surface area contributed by atoms with E-state index in [-0.39, 0.29) is 18.9 Å². The zero-order chi connectivity index (χ0) is 36.9. The van der Waals surface area contributed by atoms with E-state index < -0.39 is 118 Å². The van der Waals surface area contributed by atoms with Gasteiger partial charge in [0.25, 0.3) is 0 Å². The Kier molecular flexibility index (Phi) is 8.70. The number of phenolic OH excluding ortho intramolecular Hbond substituents is 3. The molecule has 0 bridgehead atoms. The number of Topliss-reactive ketones (excluding diaryl/α,β-unsaturated/α-hetero) is 1. The maximum absolute atomic E-state index is 13.5. The van der Waals surface area contributed by atoms with Crippen molar-refractivity contribution in [2.75, 3.05) is 13.2 Å². The number of fused-ring (bicyclic) bond motifs is 5. The van der Waals surface area contributed by atoms with Crippen LogP contribution in [0, 0.1) is 29.1 Å². The molecule has 15 heteroatoms. The molecule has 8 N–H and O–H groups in total. The van der Waals surface area contributed by atoms with Gasteiger partial charge in [0.2, 0.25) is 0 Å². The molecule has 0 aromatic heterocycles. The molecule has 1 aliphatic heterocycles. The zero-order valence-electron chi connectivity index (χ0n) is 28.3. The van der Waals surface area contributed by atoms with Crippen molar-refractivity contribution >= 4 is 17.7 Å². The maximum atomic E-state index is 13.5. The fraction of sp³-hybridized carbons (Fsp3) is 0.629. The Hall–Kier alpha value is -3.57. The van der Waals surface area contributed by atoms with Crippen LogP contribution in [0.1, 0.15) is 57.8 Å². The van der Waals surface area contributed by atoms with Gasteiger partial charge in [-0.05, 0) is 42.5 Å². The molecule has 1 aromatic rings. The lowest BCUT2D eigenvalue weighted by molar-refractivity contribution is -0.298. The summed E-state index contributed by atoms with van der Waals surface area (Å²) in [6, 6.07) is 1.62. The minimum atomic E-state index is -2.03. The number of carbonyl (C=O) groups excluding carboxylic acids is 3. The van der Waals surface area contributed by atoms with Crippen LogP contribution >= 0.6 is 0 Å². The van der Waals surface area contributed by atoms with E-state index in [1.54, 1.807) is 19.1 Å². The molecular weight excluding hydrogens is 660 g/mol. The molecule has 6 rings (SSSR count). The van der Waals surface area contributed by atoms with Crippen LogP contribution in [0.15, 0.2) is 35.4 Å². The lowest BCUT2D eigenvalue weighted by Crippen LogP contribution is -2.61. The van der Waals surface area contributed by atoms with Crippen LogP contribution < -0.4 is 0 Å². The summed E-state index contributed by atoms with van der Waals surface area (Å²) in [5.41, 5.74) is -4.86. The number of benzene rings is 1. The summed E-state index contributed by atoms with van der Waals surface area (Å²) < 4.78 is 22.8. The molecule has 3 fully saturated rings. The van der Waals surface area contributed by atoms with Crippen molar-refractivity contribution in [3.8, 4) is 17.2 Å². The predicted molar refractivity (Wildman–Crippen MR) is 168 cm³/mol. The number of esters is 2. The van der Waals surface area contributed by atoms with Crippen LogP contribution in [0.3, 0.4) is 0 Å². The first-order valence-corrected chi connectivity index (χ1v) is 16.5. The summed E-state index contributed by atoms with van der Waals surface area (Å²) in [7, 11) is 0. The van der Waals surface area contributed by atoms with Gasteiger partial charge >= 0.3 is 11.9 Å². The number of phenols is 3. The average molecular weight is 705 g/mol.